The maximum Gasteiger partial charge on any atom is 0.272 e. The predicted octanol–water partition coefficient (Wildman–Crippen LogP) is 4.56. The first-order chi connectivity index (χ1) is 12.5. The van der Waals surface area contributed by atoms with Gasteiger partial charge in [0.05, 0.1) is 21.2 Å². The quantitative estimate of drug-likeness (QED) is 0.417. The molecule has 0 aromatic heterocycles. The van der Waals surface area contributed by atoms with E-state index < -0.39 is 10.8 Å². The number of amides is 1. The second-order valence-electron chi connectivity index (χ2n) is 5.62. The van der Waals surface area contributed by atoms with Gasteiger partial charge in [-0.1, -0.05) is 48.0 Å². The number of nitro groups is 1. The monoisotopic (exact) mass is 367 g/mol. The molecule has 0 fully saturated rings. The summed E-state index contributed by atoms with van der Waals surface area (Å²) < 4.78 is 0. The average Bonchev–Trinajstić information content (AvgIpc) is 2.65. The molecule has 0 aliphatic rings. The van der Waals surface area contributed by atoms with E-state index in [0.29, 0.717) is 5.71 Å². The molecular weight excluding hydrogens is 354 g/mol. The van der Waals surface area contributed by atoms with Gasteiger partial charge in [0.1, 0.15) is 0 Å². The standard InChI is InChI=1S/C19H14ClN3O3/c1-12(14-7-6-13-4-2-3-5-15(13)10-14)21-22-19(24)17-9-8-16(23(25)26)11-18(17)20/h2-11H,1H3,(H,22,24)/b21-12+. The molecule has 3 aromatic rings. The molecule has 7 heteroatoms. The van der Waals surface area contributed by atoms with Gasteiger partial charge >= 0.3 is 0 Å². The molecule has 0 spiro atoms. The molecular formula is C19H14ClN3O3. The van der Waals surface area contributed by atoms with Gasteiger partial charge in [0.15, 0.2) is 0 Å². The summed E-state index contributed by atoms with van der Waals surface area (Å²) in [5, 5.41) is 17.0. The fourth-order valence-corrected chi connectivity index (χ4v) is 2.74. The number of non-ortho nitro benzene ring substituents is 1. The number of hydrogen-bond donors (Lipinski definition) is 1. The van der Waals surface area contributed by atoms with Crippen molar-refractivity contribution in [3.63, 3.8) is 0 Å². The van der Waals surface area contributed by atoms with Crippen LogP contribution >= 0.6 is 11.6 Å². The van der Waals surface area contributed by atoms with E-state index in [4.69, 9.17) is 11.6 Å². The maximum absolute atomic E-state index is 12.2. The van der Waals surface area contributed by atoms with Crippen LogP contribution in [0.1, 0.15) is 22.8 Å². The third-order valence-corrected chi connectivity index (χ3v) is 4.21. The Hall–Kier alpha value is -3.25. The third-order valence-electron chi connectivity index (χ3n) is 3.90. The topological polar surface area (TPSA) is 84.6 Å². The summed E-state index contributed by atoms with van der Waals surface area (Å²) in [4.78, 5) is 22.4. The van der Waals surface area contributed by atoms with E-state index in [1.807, 2.05) is 42.5 Å². The minimum absolute atomic E-state index is 0.00439. The molecule has 3 aromatic carbocycles. The number of nitro benzene ring substituents is 1. The number of nitrogens with one attached hydrogen (secondary N) is 1. The van der Waals surface area contributed by atoms with E-state index in [9.17, 15) is 14.9 Å². The summed E-state index contributed by atoms with van der Waals surface area (Å²) >= 11 is 5.95. The Morgan fingerprint density at radius 1 is 1.08 bits per heavy atom. The Bertz CT molecular complexity index is 1050. The van der Waals surface area contributed by atoms with Gasteiger partial charge in [-0.2, -0.15) is 5.10 Å². The Kier molecular flexibility index (Phi) is 4.95. The second kappa shape index (κ2) is 7.33. The molecule has 0 radical (unpaired) electrons. The maximum atomic E-state index is 12.2. The number of rotatable bonds is 4. The highest BCUT2D eigenvalue weighted by Gasteiger charge is 2.14. The van der Waals surface area contributed by atoms with E-state index >= 15 is 0 Å². The molecule has 0 aliphatic carbocycles. The lowest BCUT2D eigenvalue weighted by molar-refractivity contribution is -0.384. The lowest BCUT2D eigenvalue weighted by Gasteiger charge is -2.06. The van der Waals surface area contributed by atoms with Crippen molar-refractivity contribution in [2.45, 2.75) is 6.92 Å². The fraction of sp³-hybridized carbons (Fsp3) is 0.0526. The summed E-state index contributed by atoms with van der Waals surface area (Å²) in [5.74, 6) is -0.537. The van der Waals surface area contributed by atoms with E-state index in [2.05, 4.69) is 10.5 Å². The van der Waals surface area contributed by atoms with Crippen LogP contribution in [-0.2, 0) is 0 Å². The van der Waals surface area contributed by atoms with Crippen LogP contribution in [0.3, 0.4) is 0 Å². The number of benzene rings is 3. The highest BCUT2D eigenvalue weighted by molar-refractivity contribution is 6.34. The van der Waals surface area contributed by atoms with Crippen molar-refractivity contribution >= 4 is 39.7 Å². The molecule has 0 unspecified atom stereocenters. The highest BCUT2D eigenvalue weighted by Crippen LogP contribution is 2.22. The summed E-state index contributed by atoms with van der Waals surface area (Å²) in [6, 6.07) is 17.5. The number of halogens is 1. The van der Waals surface area contributed by atoms with Gasteiger partial charge < -0.3 is 0 Å². The van der Waals surface area contributed by atoms with Gasteiger partial charge in [0.2, 0.25) is 0 Å². The van der Waals surface area contributed by atoms with Crippen molar-refractivity contribution < 1.29 is 9.72 Å². The van der Waals surface area contributed by atoms with Crippen molar-refractivity contribution in [2.75, 3.05) is 0 Å². The van der Waals surface area contributed by atoms with Crippen molar-refractivity contribution in [2.24, 2.45) is 5.10 Å². The average molecular weight is 368 g/mol. The zero-order valence-corrected chi connectivity index (χ0v) is 14.5. The van der Waals surface area contributed by atoms with Crippen molar-refractivity contribution in [3.8, 4) is 0 Å². The van der Waals surface area contributed by atoms with Gasteiger partial charge in [0.25, 0.3) is 11.6 Å². The van der Waals surface area contributed by atoms with E-state index in [1.165, 1.54) is 12.1 Å². The van der Waals surface area contributed by atoms with E-state index in [1.54, 1.807) is 6.92 Å². The number of fused-ring (bicyclic) bond motifs is 1. The minimum atomic E-state index is -0.574. The first-order valence-electron chi connectivity index (χ1n) is 7.73. The van der Waals surface area contributed by atoms with Gasteiger partial charge in [-0.05, 0) is 35.4 Å². The first-order valence-corrected chi connectivity index (χ1v) is 8.11. The Balaban J connectivity index is 1.79. The van der Waals surface area contributed by atoms with Crippen LogP contribution in [0, 0.1) is 10.1 Å². The molecule has 0 aliphatic heterocycles. The molecule has 0 saturated carbocycles. The van der Waals surface area contributed by atoms with Crippen LogP contribution in [0.25, 0.3) is 10.8 Å². The molecule has 3 rings (SSSR count). The van der Waals surface area contributed by atoms with Crippen molar-refractivity contribution in [1.82, 2.24) is 5.43 Å². The lowest BCUT2D eigenvalue weighted by atomic mass is 10.0. The summed E-state index contributed by atoms with van der Waals surface area (Å²) in [6.45, 7) is 1.78. The number of nitrogens with zero attached hydrogens (tertiary/aromatic N) is 2. The number of hydrogen-bond acceptors (Lipinski definition) is 4. The summed E-state index contributed by atoms with van der Waals surface area (Å²) in [7, 11) is 0. The second-order valence-corrected chi connectivity index (χ2v) is 6.03. The molecule has 6 nitrogen and oxygen atoms in total. The molecule has 0 saturated heterocycles. The molecule has 1 amide bonds. The zero-order chi connectivity index (χ0) is 18.7. The zero-order valence-electron chi connectivity index (χ0n) is 13.8. The van der Waals surface area contributed by atoms with Crippen LogP contribution in [0.15, 0.2) is 65.8 Å². The van der Waals surface area contributed by atoms with Crippen LogP contribution in [-0.4, -0.2) is 16.5 Å². The van der Waals surface area contributed by atoms with E-state index in [-0.39, 0.29) is 16.3 Å². The lowest BCUT2D eigenvalue weighted by Crippen LogP contribution is -2.19. The molecule has 0 atom stereocenters. The van der Waals surface area contributed by atoms with E-state index in [0.717, 1.165) is 22.4 Å². The Morgan fingerprint density at radius 3 is 2.50 bits per heavy atom. The molecule has 0 heterocycles. The summed E-state index contributed by atoms with van der Waals surface area (Å²) in [6.07, 6.45) is 0. The van der Waals surface area contributed by atoms with Gasteiger partial charge in [-0.25, -0.2) is 5.43 Å². The molecule has 26 heavy (non-hydrogen) atoms. The molecule has 130 valence electrons. The Labute approximate surface area is 154 Å². The Morgan fingerprint density at radius 2 is 1.81 bits per heavy atom. The van der Waals surface area contributed by atoms with Crippen molar-refractivity contribution in [3.05, 3.63) is 86.9 Å². The molecule has 1 N–H and O–H groups in total. The number of carbonyl (C=O) groups is 1. The van der Waals surface area contributed by atoms with Gasteiger partial charge in [-0.3, -0.25) is 14.9 Å². The largest absolute Gasteiger partial charge is 0.272 e. The third kappa shape index (κ3) is 3.70. The number of hydrazone groups is 1. The van der Waals surface area contributed by atoms with Crippen molar-refractivity contribution in [1.29, 1.82) is 0 Å². The normalized spacial score (nSPS) is 11.4. The summed E-state index contributed by atoms with van der Waals surface area (Å²) in [5.41, 5.74) is 3.87. The van der Waals surface area contributed by atoms with Gasteiger partial charge in [-0.15, -0.1) is 0 Å². The first kappa shape index (κ1) is 17.6. The van der Waals surface area contributed by atoms with Crippen LogP contribution in [0.4, 0.5) is 5.69 Å². The fourth-order valence-electron chi connectivity index (χ4n) is 2.48. The smallest absolute Gasteiger partial charge is 0.267 e. The number of carbonyl (C=O) groups excluding carboxylic acids is 1. The van der Waals surface area contributed by atoms with Crippen LogP contribution in [0.2, 0.25) is 5.02 Å². The van der Waals surface area contributed by atoms with Crippen LogP contribution in [0.5, 0.6) is 0 Å². The van der Waals surface area contributed by atoms with Crippen LogP contribution < -0.4 is 5.43 Å². The highest BCUT2D eigenvalue weighted by atomic mass is 35.5. The SMILES string of the molecule is C/C(=N\NC(=O)c1ccc([N+](=O)[O-])cc1Cl)c1ccc2ccccc2c1. The molecule has 0 bridgehead atoms. The predicted molar refractivity (Wildman–Crippen MR) is 102 cm³/mol. The minimum Gasteiger partial charge on any atom is -0.267 e. The van der Waals surface area contributed by atoms with Gasteiger partial charge in [0, 0.05) is 12.1 Å².